The number of hydrogen-bond donors (Lipinski definition) is 1. The minimum absolute atomic E-state index is 0.0516. The SMILES string of the molecule is COc1ccc(Oc2cc(NC(=O)C(C)n3nc(C(F)(F)F)cc3C3CC3)cc([N+](=O)[O-])c2)cc1. The van der Waals surface area contributed by atoms with Crippen LogP contribution >= 0.6 is 0 Å². The molecule has 1 aromatic heterocycles. The van der Waals surface area contributed by atoms with Gasteiger partial charge in [0.1, 0.15) is 23.3 Å². The Hall–Kier alpha value is -4.09. The van der Waals surface area contributed by atoms with Crippen molar-refractivity contribution < 1.29 is 32.4 Å². The van der Waals surface area contributed by atoms with E-state index in [0.29, 0.717) is 30.0 Å². The second-order valence-electron chi connectivity index (χ2n) is 8.09. The Morgan fingerprint density at radius 1 is 1.14 bits per heavy atom. The molecule has 1 unspecified atom stereocenters. The Kier molecular flexibility index (Phi) is 6.37. The van der Waals surface area contributed by atoms with Crippen LogP contribution in [-0.4, -0.2) is 27.7 Å². The summed E-state index contributed by atoms with van der Waals surface area (Å²) < 4.78 is 51.4. The van der Waals surface area contributed by atoms with E-state index in [1.165, 1.54) is 26.2 Å². The number of alkyl halides is 3. The minimum Gasteiger partial charge on any atom is -0.497 e. The van der Waals surface area contributed by atoms with Gasteiger partial charge in [0.25, 0.3) is 5.69 Å². The van der Waals surface area contributed by atoms with Crippen molar-refractivity contribution in [3.8, 4) is 17.2 Å². The van der Waals surface area contributed by atoms with Crippen molar-refractivity contribution in [3.05, 3.63) is 70.0 Å². The van der Waals surface area contributed by atoms with Crippen LogP contribution in [0, 0.1) is 10.1 Å². The van der Waals surface area contributed by atoms with Crippen LogP contribution < -0.4 is 14.8 Å². The summed E-state index contributed by atoms with van der Waals surface area (Å²) >= 11 is 0. The second kappa shape index (κ2) is 9.28. The van der Waals surface area contributed by atoms with E-state index >= 15 is 0 Å². The van der Waals surface area contributed by atoms with Crippen LogP contribution in [0.5, 0.6) is 17.2 Å². The molecule has 1 N–H and O–H groups in total. The molecule has 3 aromatic rings. The highest BCUT2D eigenvalue weighted by Gasteiger charge is 2.39. The topological polar surface area (TPSA) is 109 Å². The van der Waals surface area contributed by atoms with Gasteiger partial charge in [-0.05, 0) is 50.1 Å². The summed E-state index contributed by atoms with van der Waals surface area (Å²) in [4.78, 5) is 23.7. The molecule has 1 fully saturated rings. The van der Waals surface area contributed by atoms with Crippen molar-refractivity contribution in [2.24, 2.45) is 0 Å². The van der Waals surface area contributed by atoms with Gasteiger partial charge >= 0.3 is 6.18 Å². The maximum absolute atomic E-state index is 13.2. The van der Waals surface area contributed by atoms with Crippen LogP contribution in [0.15, 0.2) is 48.5 Å². The highest BCUT2D eigenvalue weighted by Crippen LogP contribution is 2.43. The van der Waals surface area contributed by atoms with Gasteiger partial charge in [-0.3, -0.25) is 19.6 Å². The summed E-state index contributed by atoms with van der Waals surface area (Å²) in [5, 5.41) is 17.6. The molecule has 1 atom stereocenters. The number of anilines is 1. The standard InChI is InChI=1S/C23H21F3N4O5/c1-13(29-20(14-3-4-14)12-21(28-29)23(24,25)26)22(31)27-15-9-16(30(32)33)11-19(10-15)35-18-7-5-17(34-2)6-8-18/h5-14H,3-4H2,1-2H3,(H,27,31). The number of nitro benzene ring substituents is 1. The zero-order chi connectivity index (χ0) is 25.3. The number of carbonyl (C=O) groups excluding carboxylic acids is 1. The largest absolute Gasteiger partial charge is 0.497 e. The van der Waals surface area contributed by atoms with Crippen LogP contribution in [0.4, 0.5) is 24.5 Å². The van der Waals surface area contributed by atoms with Crippen molar-refractivity contribution in [2.45, 2.75) is 37.9 Å². The Balaban J connectivity index is 1.57. The number of ether oxygens (including phenoxy) is 2. The average molecular weight is 490 g/mol. The van der Waals surface area contributed by atoms with Gasteiger partial charge in [0.2, 0.25) is 5.91 Å². The third kappa shape index (κ3) is 5.53. The zero-order valence-electron chi connectivity index (χ0n) is 18.7. The van der Waals surface area contributed by atoms with E-state index in [1.54, 1.807) is 24.3 Å². The summed E-state index contributed by atoms with van der Waals surface area (Å²) in [6, 6.07) is 10.1. The van der Waals surface area contributed by atoms with Gasteiger partial charge in [0, 0.05) is 23.7 Å². The fourth-order valence-electron chi connectivity index (χ4n) is 3.50. The number of halogens is 3. The number of nitro groups is 1. The predicted octanol–water partition coefficient (Wildman–Crippen LogP) is 5.69. The molecule has 4 rings (SSSR count). The van der Waals surface area contributed by atoms with Crippen molar-refractivity contribution in [3.63, 3.8) is 0 Å². The van der Waals surface area contributed by atoms with Crippen LogP contribution in [0.25, 0.3) is 0 Å². The molecule has 0 spiro atoms. The van der Waals surface area contributed by atoms with E-state index in [0.717, 1.165) is 16.8 Å². The van der Waals surface area contributed by atoms with Crippen molar-refractivity contribution in [1.29, 1.82) is 0 Å². The maximum Gasteiger partial charge on any atom is 0.435 e. The van der Waals surface area contributed by atoms with Crippen LogP contribution in [0.1, 0.15) is 43.1 Å². The first-order valence-corrected chi connectivity index (χ1v) is 10.6. The number of aromatic nitrogens is 2. The van der Waals surface area contributed by atoms with Gasteiger partial charge in [0.05, 0.1) is 23.8 Å². The summed E-state index contributed by atoms with van der Waals surface area (Å²) in [5.41, 5.74) is -1.01. The lowest BCUT2D eigenvalue weighted by Crippen LogP contribution is -2.26. The Morgan fingerprint density at radius 2 is 1.80 bits per heavy atom. The van der Waals surface area contributed by atoms with Crippen LogP contribution in [0.3, 0.4) is 0 Å². The first-order valence-electron chi connectivity index (χ1n) is 10.6. The quantitative estimate of drug-likeness (QED) is 0.321. The second-order valence-corrected chi connectivity index (χ2v) is 8.09. The molecule has 0 radical (unpaired) electrons. The lowest BCUT2D eigenvalue weighted by molar-refractivity contribution is -0.384. The monoisotopic (exact) mass is 490 g/mol. The number of carbonyl (C=O) groups is 1. The minimum atomic E-state index is -4.64. The number of amides is 1. The van der Waals surface area contributed by atoms with E-state index < -0.39 is 28.7 Å². The summed E-state index contributed by atoms with van der Waals surface area (Å²) in [6.45, 7) is 1.42. The molecule has 12 heteroatoms. The molecule has 0 aliphatic heterocycles. The van der Waals surface area contributed by atoms with Gasteiger partial charge in [-0.15, -0.1) is 0 Å². The molecular weight excluding hydrogens is 469 g/mol. The number of nitrogens with one attached hydrogen (secondary N) is 1. The number of methoxy groups -OCH3 is 1. The van der Waals surface area contributed by atoms with E-state index in [1.807, 2.05) is 0 Å². The molecule has 9 nitrogen and oxygen atoms in total. The van der Waals surface area contributed by atoms with Crippen molar-refractivity contribution in [2.75, 3.05) is 12.4 Å². The first-order chi connectivity index (χ1) is 16.5. The lowest BCUT2D eigenvalue weighted by atomic mass is 10.2. The highest BCUT2D eigenvalue weighted by molar-refractivity contribution is 5.94. The molecule has 1 amide bonds. The highest BCUT2D eigenvalue weighted by atomic mass is 19.4. The number of hydrogen-bond acceptors (Lipinski definition) is 6. The summed E-state index contributed by atoms with van der Waals surface area (Å²) in [5.74, 6) is 0.290. The average Bonchev–Trinajstić information content (AvgIpc) is 3.55. The molecule has 1 aliphatic carbocycles. The van der Waals surface area contributed by atoms with E-state index in [2.05, 4.69) is 10.4 Å². The predicted molar refractivity (Wildman–Crippen MR) is 119 cm³/mol. The first kappa shape index (κ1) is 24.0. The summed E-state index contributed by atoms with van der Waals surface area (Å²) in [6.07, 6.45) is -3.21. The molecule has 2 aromatic carbocycles. The van der Waals surface area contributed by atoms with Crippen LogP contribution in [0.2, 0.25) is 0 Å². The number of rotatable bonds is 8. The normalized spacial score (nSPS) is 14.3. The van der Waals surface area contributed by atoms with E-state index in [4.69, 9.17) is 9.47 Å². The number of benzene rings is 2. The third-order valence-corrected chi connectivity index (χ3v) is 5.46. The van der Waals surface area contributed by atoms with Gasteiger partial charge in [-0.25, -0.2) is 0 Å². The molecule has 35 heavy (non-hydrogen) atoms. The Bertz CT molecular complexity index is 1250. The molecule has 1 saturated carbocycles. The molecule has 0 saturated heterocycles. The molecule has 0 bridgehead atoms. The van der Waals surface area contributed by atoms with E-state index in [-0.39, 0.29) is 23.0 Å². The van der Waals surface area contributed by atoms with Crippen LogP contribution in [-0.2, 0) is 11.0 Å². The van der Waals surface area contributed by atoms with Gasteiger partial charge < -0.3 is 14.8 Å². The van der Waals surface area contributed by atoms with Crippen molar-refractivity contribution >= 4 is 17.3 Å². The molecule has 1 heterocycles. The molecule has 184 valence electrons. The molecule has 1 aliphatic rings. The lowest BCUT2D eigenvalue weighted by Gasteiger charge is -2.16. The Labute approximate surface area is 197 Å². The van der Waals surface area contributed by atoms with E-state index in [9.17, 15) is 28.1 Å². The van der Waals surface area contributed by atoms with Gasteiger partial charge in [-0.2, -0.15) is 18.3 Å². The van der Waals surface area contributed by atoms with Crippen molar-refractivity contribution in [1.82, 2.24) is 9.78 Å². The number of non-ortho nitro benzene ring substituents is 1. The molecular formula is C23H21F3N4O5. The third-order valence-electron chi connectivity index (χ3n) is 5.46. The smallest absolute Gasteiger partial charge is 0.435 e. The fraction of sp³-hybridized carbons (Fsp3) is 0.304. The van der Waals surface area contributed by atoms with Gasteiger partial charge in [-0.1, -0.05) is 0 Å². The maximum atomic E-state index is 13.2. The fourth-order valence-corrected chi connectivity index (χ4v) is 3.50. The summed E-state index contributed by atoms with van der Waals surface area (Å²) in [7, 11) is 1.51. The Morgan fingerprint density at radius 3 is 2.37 bits per heavy atom. The number of nitrogens with zero attached hydrogens (tertiary/aromatic N) is 3. The zero-order valence-corrected chi connectivity index (χ0v) is 18.7. The van der Waals surface area contributed by atoms with Gasteiger partial charge in [0.15, 0.2) is 5.69 Å².